The fourth-order valence-electron chi connectivity index (χ4n) is 1.18. The lowest BCUT2D eigenvalue weighted by molar-refractivity contribution is -0.157. The van der Waals surface area contributed by atoms with Gasteiger partial charge in [0.15, 0.2) is 6.10 Å². The Morgan fingerprint density at radius 2 is 2.42 bits per heavy atom. The maximum Gasteiger partial charge on any atom is 0.337 e. The molecule has 3 atom stereocenters. The predicted molar refractivity (Wildman–Crippen MR) is 41.5 cm³/mol. The lowest BCUT2D eigenvalue weighted by atomic mass is 10.0. The van der Waals surface area contributed by atoms with E-state index in [1.807, 2.05) is 6.92 Å². The summed E-state index contributed by atoms with van der Waals surface area (Å²) < 4.78 is 9.79. The molecule has 0 saturated carbocycles. The Morgan fingerprint density at radius 1 is 1.75 bits per heavy atom. The molecule has 0 aromatic heterocycles. The molecule has 70 valence electrons. The lowest BCUT2D eigenvalue weighted by Crippen LogP contribution is -2.34. The molecule has 0 spiro atoms. The van der Waals surface area contributed by atoms with Gasteiger partial charge in [-0.3, -0.25) is 0 Å². The van der Waals surface area contributed by atoms with Crippen molar-refractivity contribution in [3.63, 3.8) is 0 Å². The average molecular weight is 174 g/mol. The molecule has 1 aliphatic heterocycles. The zero-order valence-electron chi connectivity index (χ0n) is 7.32. The minimum Gasteiger partial charge on any atom is -0.464 e. The molecular weight excluding hydrogens is 160 g/mol. The molecule has 1 aliphatic rings. The van der Waals surface area contributed by atoms with Gasteiger partial charge in [0.2, 0.25) is 0 Å². The van der Waals surface area contributed by atoms with Crippen LogP contribution in [0.5, 0.6) is 0 Å². The van der Waals surface area contributed by atoms with Crippen LogP contribution in [-0.4, -0.2) is 36.5 Å². The van der Waals surface area contributed by atoms with E-state index < -0.39 is 18.2 Å². The van der Waals surface area contributed by atoms with E-state index in [2.05, 4.69) is 0 Å². The molecule has 1 N–H and O–H groups in total. The summed E-state index contributed by atoms with van der Waals surface area (Å²) >= 11 is 0. The number of esters is 1. The fourth-order valence-corrected chi connectivity index (χ4v) is 1.18. The largest absolute Gasteiger partial charge is 0.464 e. The van der Waals surface area contributed by atoms with Crippen molar-refractivity contribution in [2.75, 3.05) is 13.2 Å². The number of ether oxygens (including phenoxy) is 2. The Hall–Kier alpha value is -0.610. The van der Waals surface area contributed by atoms with Crippen molar-refractivity contribution in [3.05, 3.63) is 0 Å². The first-order valence-corrected chi connectivity index (χ1v) is 4.13. The highest BCUT2D eigenvalue weighted by atomic mass is 16.6. The molecule has 0 aliphatic carbocycles. The minimum atomic E-state index is -0.778. The van der Waals surface area contributed by atoms with Gasteiger partial charge in [0.05, 0.1) is 19.3 Å². The average Bonchev–Trinajstić information content (AvgIpc) is 2.34. The van der Waals surface area contributed by atoms with Crippen molar-refractivity contribution in [2.45, 2.75) is 26.1 Å². The first kappa shape index (κ1) is 9.48. The summed E-state index contributed by atoms with van der Waals surface area (Å²) in [5.74, 6) is -0.450. The van der Waals surface area contributed by atoms with Gasteiger partial charge >= 0.3 is 5.97 Å². The van der Waals surface area contributed by atoms with Gasteiger partial charge in [-0.25, -0.2) is 4.79 Å². The van der Waals surface area contributed by atoms with Crippen molar-refractivity contribution < 1.29 is 19.4 Å². The molecule has 0 aromatic carbocycles. The van der Waals surface area contributed by atoms with Crippen LogP contribution in [0.2, 0.25) is 0 Å². The molecule has 0 aromatic rings. The summed E-state index contributed by atoms with van der Waals surface area (Å²) in [6.07, 6.45) is -1.50. The van der Waals surface area contributed by atoms with Crippen LogP contribution in [0.4, 0.5) is 0 Å². The molecule has 1 rings (SSSR count). The number of hydrogen-bond acceptors (Lipinski definition) is 4. The van der Waals surface area contributed by atoms with Gasteiger partial charge in [0.1, 0.15) is 0 Å². The third-order valence-electron chi connectivity index (χ3n) is 1.95. The number of hydrogen-bond donors (Lipinski definition) is 1. The number of aliphatic hydroxyl groups excluding tert-OH is 1. The van der Waals surface area contributed by atoms with E-state index in [0.29, 0.717) is 13.2 Å². The van der Waals surface area contributed by atoms with Crippen LogP contribution < -0.4 is 0 Å². The molecule has 1 saturated heterocycles. The van der Waals surface area contributed by atoms with Crippen molar-refractivity contribution in [3.8, 4) is 0 Å². The van der Waals surface area contributed by atoms with Crippen molar-refractivity contribution >= 4 is 5.97 Å². The summed E-state index contributed by atoms with van der Waals surface area (Å²) in [6.45, 7) is 4.30. The van der Waals surface area contributed by atoms with E-state index in [1.165, 1.54) is 0 Å². The van der Waals surface area contributed by atoms with Gasteiger partial charge in [-0.2, -0.15) is 0 Å². The van der Waals surface area contributed by atoms with Crippen LogP contribution in [0.25, 0.3) is 0 Å². The van der Waals surface area contributed by atoms with E-state index in [1.54, 1.807) is 6.92 Å². The number of carbonyl (C=O) groups is 1. The highest BCUT2D eigenvalue weighted by molar-refractivity contribution is 5.75. The smallest absolute Gasteiger partial charge is 0.337 e. The molecule has 0 amide bonds. The second-order valence-electron chi connectivity index (χ2n) is 2.97. The van der Waals surface area contributed by atoms with Gasteiger partial charge in [0, 0.05) is 5.92 Å². The molecule has 0 radical (unpaired) electrons. The van der Waals surface area contributed by atoms with Gasteiger partial charge in [-0.15, -0.1) is 0 Å². The summed E-state index contributed by atoms with van der Waals surface area (Å²) in [5.41, 5.74) is 0. The molecule has 1 fully saturated rings. The second kappa shape index (κ2) is 3.87. The monoisotopic (exact) mass is 174 g/mol. The Kier molecular flexibility index (Phi) is 3.05. The highest BCUT2D eigenvalue weighted by Crippen LogP contribution is 2.20. The molecule has 3 unspecified atom stereocenters. The van der Waals surface area contributed by atoms with Crippen molar-refractivity contribution in [2.24, 2.45) is 5.92 Å². The maximum absolute atomic E-state index is 11.1. The number of aliphatic hydroxyl groups is 1. The quantitative estimate of drug-likeness (QED) is 0.596. The number of carbonyl (C=O) groups excluding carboxylic acids is 1. The topological polar surface area (TPSA) is 55.8 Å². The zero-order valence-corrected chi connectivity index (χ0v) is 7.32. The molecular formula is C8H14O4. The Balaban J connectivity index is 2.47. The molecule has 1 heterocycles. The Morgan fingerprint density at radius 3 is 2.83 bits per heavy atom. The third kappa shape index (κ3) is 1.76. The summed E-state index contributed by atoms with van der Waals surface area (Å²) in [7, 11) is 0. The Bertz CT molecular complexity index is 168. The second-order valence-corrected chi connectivity index (χ2v) is 2.97. The lowest BCUT2D eigenvalue weighted by Gasteiger charge is -2.13. The molecule has 4 nitrogen and oxygen atoms in total. The van der Waals surface area contributed by atoms with E-state index in [4.69, 9.17) is 9.47 Å². The van der Waals surface area contributed by atoms with Crippen molar-refractivity contribution in [1.29, 1.82) is 0 Å². The predicted octanol–water partition coefficient (Wildman–Crippen LogP) is -0.0547. The molecule has 12 heavy (non-hydrogen) atoms. The van der Waals surface area contributed by atoms with Crippen LogP contribution in [0.3, 0.4) is 0 Å². The summed E-state index contributed by atoms with van der Waals surface area (Å²) in [5, 5.41) is 9.43. The van der Waals surface area contributed by atoms with E-state index in [0.717, 1.165) is 0 Å². The minimum absolute atomic E-state index is 0.0133. The van der Waals surface area contributed by atoms with E-state index in [-0.39, 0.29) is 5.92 Å². The van der Waals surface area contributed by atoms with Gasteiger partial charge in [-0.05, 0) is 6.92 Å². The summed E-state index contributed by atoms with van der Waals surface area (Å²) in [4.78, 5) is 11.1. The standard InChI is InChI=1S/C8H14O4/c1-3-11-8(10)7-6(9)5(2)4-12-7/h5-7,9H,3-4H2,1-2H3. The Labute approximate surface area is 71.5 Å². The maximum atomic E-state index is 11.1. The molecule has 0 bridgehead atoms. The zero-order chi connectivity index (χ0) is 9.14. The van der Waals surface area contributed by atoms with Gasteiger partial charge < -0.3 is 14.6 Å². The van der Waals surface area contributed by atoms with Crippen LogP contribution in [0.15, 0.2) is 0 Å². The SMILES string of the molecule is CCOC(=O)C1OCC(C)C1O. The fraction of sp³-hybridized carbons (Fsp3) is 0.875. The van der Waals surface area contributed by atoms with Crippen LogP contribution in [0.1, 0.15) is 13.8 Å². The van der Waals surface area contributed by atoms with Crippen LogP contribution >= 0.6 is 0 Å². The van der Waals surface area contributed by atoms with E-state index >= 15 is 0 Å². The first-order chi connectivity index (χ1) is 5.66. The van der Waals surface area contributed by atoms with E-state index in [9.17, 15) is 9.90 Å². The molecule has 4 heteroatoms. The number of rotatable bonds is 2. The van der Waals surface area contributed by atoms with Crippen molar-refractivity contribution in [1.82, 2.24) is 0 Å². The third-order valence-corrected chi connectivity index (χ3v) is 1.95. The highest BCUT2D eigenvalue weighted by Gasteiger charge is 2.38. The normalized spacial score (nSPS) is 35.1. The van der Waals surface area contributed by atoms with Crippen LogP contribution in [0, 0.1) is 5.92 Å². The van der Waals surface area contributed by atoms with Crippen LogP contribution in [-0.2, 0) is 14.3 Å². The van der Waals surface area contributed by atoms with Gasteiger partial charge in [-0.1, -0.05) is 6.92 Å². The first-order valence-electron chi connectivity index (χ1n) is 4.13. The summed E-state index contributed by atoms with van der Waals surface area (Å²) in [6, 6.07) is 0. The van der Waals surface area contributed by atoms with Gasteiger partial charge in [0.25, 0.3) is 0 Å².